The predicted molar refractivity (Wildman–Crippen MR) is 87.5 cm³/mol. The van der Waals surface area contributed by atoms with Gasteiger partial charge in [0.15, 0.2) is 0 Å². The highest BCUT2D eigenvalue weighted by Crippen LogP contribution is 2.34. The fourth-order valence-corrected chi connectivity index (χ4v) is 3.86. The molecule has 21 heavy (non-hydrogen) atoms. The van der Waals surface area contributed by atoms with Crippen molar-refractivity contribution >= 4 is 0 Å². The molecule has 108 valence electrons. The molecule has 1 saturated heterocycles. The molecule has 1 unspecified atom stereocenters. The van der Waals surface area contributed by atoms with Gasteiger partial charge in [-0.1, -0.05) is 54.6 Å². The monoisotopic (exact) mass is 277 g/mol. The summed E-state index contributed by atoms with van der Waals surface area (Å²) in [6.07, 6.45) is 6.46. The summed E-state index contributed by atoms with van der Waals surface area (Å²) in [4.78, 5) is 2.73. The molecule has 1 heterocycles. The van der Waals surface area contributed by atoms with Gasteiger partial charge < -0.3 is 0 Å². The van der Waals surface area contributed by atoms with Crippen molar-refractivity contribution in [3.63, 3.8) is 0 Å². The summed E-state index contributed by atoms with van der Waals surface area (Å²) >= 11 is 0. The van der Waals surface area contributed by atoms with E-state index >= 15 is 0 Å². The van der Waals surface area contributed by atoms with Crippen LogP contribution in [0.1, 0.15) is 29.5 Å². The minimum Gasteiger partial charge on any atom is -0.294 e. The summed E-state index contributed by atoms with van der Waals surface area (Å²) in [5.41, 5.74) is 4.65. The van der Waals surface area contributed by atoms with Gasteiger partial charge in [-0.3, -0.25) is 4.90 Å². The number of rotatable bonds is 5. The van der Waals surface area contributed by atoms with Crippen LogP contribution in [0.25, 0.3) is 0 Å². The van der Waals surface area contributed by atoms with Gasteiger partial charge in [-0.05, 0) is 48.8 Å². The highest BCUT2D eigenvalue weighted by atomic mass is 15.3. The summed E-state index contributed by atoms with van der Waals surface area (Å²) in [5.74, 6) is 0. The Bertz CT molecular complexity index is 579. The zero-order valence-electron chi connectivity index (χ0n) is 12.5. The Kier molecular flexibility index (Phi) is 3.52. The molecule has 1 aliphatic heterocycles. The third-order valence-corrected chi connectivity index (χ3v) is 5.10. The minimum atomic E-state index is 0.782. The molecule has 2 aliphatic rings. The molecule has 0 aromatic heterocycles. The van der Waals surface area contributed by atoms with Gasteiger partial charge in [-0.2, -0.15) is 0 Å². The van der Waals surface area contributed by atoms with E-state index in [9.17, 15) is 0 Å². The van der Waals surface area contributed by atoms with E-state index < -0.39 is 0 Å². The molecule has 0 saturated carbocycles. The molecule has 0 spiro atoms. The van der Waals surface area contributed by atoms with E-state index in [1.165, 1.54) is 44.2 Å². The predicted octanol–water partition coefficient (Wildman–Crippen LogP) is 3.86. The minimum absolute atomic E-state index is 0.782. The van der Waals surface area contributed by atoms with Gasteiger partial charge in [-0.15, -0.1) is 0 Å². The smallest absolute Gasteiger partial charge is 0.0227 e. The van der Waals surface area contributed by atoms with Crippen molar-refractivity contribution in [2.24, 2.45) is 0 Å². The van der Waals surface area contributed by atoms with Crippen LogP contribution in [0.15, 0.2) is 54.6 Å². The molecular weight excluding hydrogens is 254 g/mol. The molecule has 4 rings (SSSR count). The Morgan fingerprint density at radius 1 is 0.857 bits per heavy atom. The van der Waals surface area contributed by atoms with E-state index in [4.69, 9.17) is 0 Å². The lowest BCUT2D eigenvalue weighted by molar-refractivity contribution is 0.372. The quantitative estimate of drug-likeness (QED) is 0.750. The van der Waals surface area contributed by atoms with Crippen LogP contribution in [0.3, 0.4) is 0 Å². The fourth-order valence-electron chi connectivity index (χ4n) is 3.86. The molecular formula is C20H23N. The van der Waals surface area contributed by atoms with Crippen molar-refractivity contribution in [3.05, 3.63) is 71.3 Å². The first-order chi connectivity index (χ1) is 10.4. The second kappa shape index (κ2) is 5.65. The zero-order chi connectivity index (χ0) is 14.1. The molecule has 2 aromatic rings. The van der Waals surface area contributed by atoms with Crippen molar-refractivity contribution in [2.75, 3.05) is 6.54 Å². The molecule has 1 nitrogen and oxygen atoms in total. The molecule has 2 aromatic carbocycles. The van der Waals surface area contributed by atoms with Gasteiger partial charge in [0.25, 0.3) is 0 Å². The zero-order valence-corrected chi connectivity index (χ0v) is 12.5. The SMILES string of the molecule is c1ccc(CCC[C@@H]2CN2C2Cc3ccccc3C2)cc1. The van der Waals surface area contributed by atoms with Crippen LogP contribution in [0.5, 0.6) is 0 Å². The van der Waals surface area contributed by atoms with Crippen LogP contribution in [0.4, 0.5) is 0 Å². The van der Waals surface area contributed by atoms with Gasteiger partial charge >= 0.3 is 0 Å². The van der Waals surface area contributed by atoms with Crippen molar-refractivity contribution in [2.45, 2.75) is 44.2 Å². The van der Waals surface area contributed by atoms with Crippen LogP contribution >= 0.6 is 0 Å². The van der Waals surface area contributed by atoms with Crippen molar-refractivity contribution in [3.8, 4) is 0 Å². The molecule has 1 fully saturated rings. The van der Waals surface area contributed by atoms with Crippen LogP contribution in [-0.4, -0.2) is 23.5 Å². The average molecular weight is 277 g/mol. The second-order valence-corrected chi connectivity index (χ2v) is 6.56. The van der Waals surface area contributed by atoms with Crippen LogP contribution in [-0.2, 0) is 19.3 Å². The van der Waals surface area contributed by atoms with Gasteiger partial charge in [-0.25, -0.2) is 0 Å². The first-order valence-electron chi connectivity index (χ1n) is 8.26. The van der Waals surface area contributed by atoms with E-state index in [0.29, 0.717) is 0 Å². The van der Waals surface area contributed by atoms with E-state index in [1.807, 2.05) is 0 Å². The molecule has 0 amide bonds. The summed E-state index contributed by atoms with van der Waals surface area (Å²) < 4.78 is 0. The fraction of sp³-hybridized carbons (Fsp3) is 0.400. The maximum Gasteiger partial charge on any atom is 0.0227 e. The third-order valence-electron chi connectivity index (χ3n) is 5.10. The van der Waals surface area contributed by atoms with E-state index in [0.717, 1.165) is 12.1 Å². The molecule has 2 atom stereocenters. The standard InChI is InChI=1S/C20H23N/c1-2-7-16(8-3-1)9-6-12-19-15-21(19)20-13-17-10-4-5-11-18(17)14-20/h1-5,7-8,10-11,19-20H,6,9,12-15H2/t19-,21?/m1/s1. The molecule has 1 heteroatoms. The van der Waals surface area contributed by atoms with Crippen LogP contribution in [0, 0.1) is 0 Å². The Labute approximate surface area is 127 Å². The molecule has 0 bridgehead atoms. The Morgan fingerprint density at radius 3 is 2.24 bits per heavy atom. The highest BCUT2D eigenvalue weighted by Gasteiger charge is 2.40. The number of nitrogens with zero attached hydrogens (tertiary/aromatic N) is 1. The lowest BCUT2D eigenvalue weighted by Crippen LogP contribution is -2.21. The third kappa shape index (κ3) is 2.89. The van der Waals surface area contributed by atoms with Gasteiger partial charge in [0.05, 0.1) is 0 Å². The van der Waals surface area contributed by atoms with Crippen molar-refractivity contribution in [1.29, 1.82) is 0 Å². The van der Waals surface area contributed by atoms with E-state index in [2.05, 4.69) is 59.5 Å². The Hall–Kier alpha value is -1.60. The number of hydrogen-bond acceptors (Lipinski definition) is 1. The number of benzene rings is 2. The Morgan fingerprint density at radius 2 is 1.52 bits per heavy atom. The lowest BCUT2D eigenvalue weighted by Gasteiger charge is -2.11. The van der Waals surface area contributed by atoms with Crippen molar-refractivity contribution < 1.29 is 0 Å². The van der Waals surface area contributed by atoms with Crippen LogP contribution in [0.2, 0.25) is 0 Å². The summed E-state index contributed by atoms with van der Waals surface area (Å²) in [7, 11) is 0. The summed E-state index contributed by atoms with van der Waals surface area (Å²) in [5, 5.41) is 0. The number of aryl methyl sites for hydroxylation is 1. The van der Waals surface area contributed by atoms with Gasteiger partial charge in [0.2, 0.25) is 0 Å². The largest absolute Gasteiger partial charge is 0.294 e. The first-order valence-corrected chi connectivity index (χ1v) is 8.26. The van der Waals surface area contributed by atoms with Gasteiger partial charge in [0.1, 0.15) is 0 Å². The van der Waals surface area contributed by atoms with E-state index in [-0.39, 0.29) is 0 Å². The summed E-state index contributed by atoms with van der Waals surface area (Å²) in [6.45, 7) is 1.33. The maximum atomic E-state index is 2.73. The van der Waals surface area contributed by atoms with Crippen LogP contribution < -0.4 is 0 Å². The molecule has 0 radical (unpaired) electrons. The molecule has 0 N–H and O–H groups in total. The second-order valence-electron chi connectivity index (χ2n) is 6.56. The average Bonchev–Trinajstić information content (AvgIpc) is 3.17. The topological polar surface area (TPSA) is 3.01 Å². The lowest BCUT2D eigenvalue weighted by atomic mass is 10.1. The first kappa shape index (κ1) is 13.1. The normalized spacial score (nSPS) is 24.0. The number of fused-ring (bicyclic) bond motifs is 1. The molecule has 1 aliphatic carbocycles. The highest BCUT2D eigenvalue weighted by molar-refractivity contribution is 5.34. The Balaban J connectivity index is 1.24. The number of hydrogen-bond donors (Lipinski definition) is 0. The summed E-state index contributed by atoms with van der Waals surface area (Å²) in [6, 6.07) is 21.5. The van der Waals surface area contributed by atoms with Gasteiger partial charge in [0, 0.05) is 18.6 Å². The van der Waals surface area contributed by atoms with Crippen molar-refractivity contribution in [1.82, 2.24) is 4.90 Å². The van der Waals surface area contributed by atoms with E-state index in [1.54, 1.807) is 11.1 Å². The maximum absolute atomic E-state index is 2.73.